The molecule has 0 atom stereocenters. The van der Waals surface area contributed by atoms with Gasteiger partial charge in [0.15, 0.2) is 0 Å². The van der Waals surface area contributed by atoms with E-state index in [1.54, 1.807) is 6.20 Å². The van der Waals surface area contributed by atoms with Crippen LogP contribution >= 0.6 is 12.2 Å². The molecular weight excluding hydrogens is 162 g/mol. The fourth-order valence-corrected chi connectivity index (χ4v) is 0.844. The van der Waals surface area contributed by atoms with E-state index in [1.165, 1.54) is 6.07 Å². The molecule has 4 heteroatoms. The second kappa shape index (κ2) is 2.84. The van der Waals surface area contributed by atoms with Gasteiger partial charge in [-0.25, -0.2) is 4.79 Å². The monoisotopic (exact) mass is 169 g/mol. The van der Waals surface area contributed by atoms with Crippen molar-refractivity contribution in [1.82, 2.24) is 4.98 Å². The number of H-pyrrole nitrogens is 1. The van der Waals surface area contributed by atoms with Crippen molar-refractivity contribution in [2.24, 2.45) is 0 Å². The van der Waals surface area contributed by atoms with Crippen molar-refractivity contribution < 1.29 is 9.90 Å². The van der Waals surface area contributed by atoms with Gasteiger partial charge in [-0.2, -0.15) is 0 Å². The maximum atomic E-state index is 10.4. The number of nitrogens with one attached hydrogen (secondary N) is 1. The van der Waals surface area contributed by atoms with E-state index in [-0.39, 0.29) is 5.69 Å². The Bertz CT molecular complexity index is 343. The van der Waals surface area contributed by atoms with Gasteiger partial charge in [-0.1, -0.05) is 12.2 Å². The van der Waals surface area contributed by atoms with Crippen molar-refractivity contribution in [2.45, 2.75) is 6.92 Å². The predicted octanol–water partition coefficient (Wildman–Crippen LogP) is 1.75. The SMILES string of the molecule is Cc1c[nH]c(C(=O)O)cc1=S. The molecule has 0 fully saturated rings. The number of rotatable bonds is 1. The Balaban J connectivity index is 3.26. The van der Waals surface area contributed by atoms with Gasteiger partial charge < -0.3 is 10.1 Å². The Hall–Kier alpha value is -1.16. The first-order valence-electron chi connectivity index (χ1n) is 3.04. The molecule has 0 radical (unpaired) electrons. The molecule has 0 unspecified atom stereocenters. The van der Waals surface area contributed by atoms with Crippen LogP contribution < -0.4 is 0 Å². The molecule has 0 saturated carbocycles. The van der Waals surface area contributed by atoms with Gasteiger partial charge in [-0.15, -0.1) is 0 Å². The van der Waals surface area contributed by atoms with Gasteiger partial charge in [-0.05, 0) is 18.6 Å². The quantitative estimate of drug-likeness (QED) is 0.630. The lowest BCUT2D eigenvalue weighted by atomic mass is 10.3. The zero-order valence-corrected chi connectivity index (χ0v) is 6.73. The van der Waals surface area contributed by atoms with Crippen molar-refractivity contribution in [1.29, 1.82) is 0 Å². The van der Waals surface area contributed by atoms with Gasteiger partial charge in [0.1, 0.15) is 5.69 Å². The smallest absolute Gasteiger partial charge is 0.352 e. The Labute approximate surface area is 68.7 Å². The summed E-state index contributed by atoms with van der Waals surface area (Å²) in [5, 5.41) is 8.52. The highest BCUT2D eigenvalue weighted by molar-refractivity contribution is 7.71. The van der Waals surface area contributed by atoms with Crippen LogP contribution in [0, 0.1) is 11.4 Å². The molecule has 1 aromatic heterocycles. The normalized spacial score (nSPS) is 9.55. The summed E-state index contributed by atoms with van der Waals surface area (Å²) < 4.78 is 0.571. The van der Waals surface area contributed by atoms with Gasteiger partial charge in [-0.3, -0.25) is 0 Å². The molecule has 0 aliphatic heterocycles. The molecule has 0 bridgehead atoms. The van der Waals surface area contributed by atoms with Crippen molar-refractivity contribution in [3.8, 4) is 0 Å². The van der Waals surface area contributed by atoms with Crippen molar-refractivity contribution in [2.75, 3.05) is 0 Å². The predicted molar refractivity (Wildman–Crippen MR) is 43.3 cm³/mol. The van der Waals surface area contributed by atoms with Gasteiger partial charge >= 0.3 is 5.97 Å². The fraction of sp³-hybridized carbons (Fsp3) is 0.143. The third-order valence-electron chi connectivity index (χ3n) is 1.34. The number of carbonyl (C=O) groups is 1. The fourth-order valence-electron chi connectivity index (χ4n) is 0.667. The second-order valence-electron chi connectivity index (χ2n) is 2.20. The summed E-state index contributed by atoms with van der Waals surface area (Å²) in [5.74, 6) is -0.990. The first kappa shape index (κ1) is 7.94. The molecule has 11 heavy (non-hydrogen) atoms. The lowest BCUT2D eigenvalue weighted by molar-refractivity contribution is 0.0690. The summed E-state index contributed by atoms with van der Waals surface area (Å²) in [6.45, 7) is 1.82. The number of pyridine rings is 1. The van der Waals surface area contributed by atoms with E-state index in [0.29, 0.717) is 4.51 Å². The molecule has 1 aromatic rings. The van der Waals surface area contributed by atoms with Crippen molar-refractivity contribution >= 4 is 18.2 Å². The first-order chi connectivity index (χ1) is 5.11. The zero-order chi connectivity index (χ0) is 8.43. The first-order valence-corrected chi connectivity index (χ1v) is 3.44. The van der Waals surface area contributed by atoms with Gasteiger partial charge in [0.2, 0.25) is 0 Å². The average Bonchev–Trinajstić information content (AvgIpc) is 1.94. The summed E-state index contributed by atoms with van der Waals surface area (Å²) in [4.78, 5) is 13.0. The van der Waals surface area contributed by atoms with Gasteiger partial charge in [0, 0.05) is 10.7 Å². The number of hydrogen-bond donors (Lipinski definition) is 2. The third-order valence-corrected chi connectivity index (χ3v) is 1.78. The lowest BCUT2D eigenvalue weighted by Crippen LogP contribution is -1.99. The van der Waals surface area contributed by atoms with Crippen LogP contribution in [0.2, 0.25) is 0 Å². The molecule has 58 valence electrons. The van der Waals surface area contributed by atoms with Crippen molar-refractivity contribution in [3.63, 3.8) is 0 Å². The number of aromatic carboxylic acids is 1. The maximum absolute atomic E-state index is 10.4. The van der Waals surface area contributed by atoms with E-state index in [2.05, 4.69) is 4.98 Å². The highest BCUT2D eigenvalue weighted by atomic mass is 32.1. The average molecular weight is 169 g/mol. The number of aromatic nitrogens is 1. The molecule has 1 heterocycles. The Morgan fingerprint density at radius 2 is 2.36 bits per heavy atom. The summed E-state index contributed by atoms with van der Waals surface area (Å²) >= 11 is 4.88. The van der Waals surface area contributed by atoms with E-state index in [4.69, 9.17) is 17.3 Å². The summed E-state index contributed by atoms with van der Waals surface area (Å²) in [6.07, 6.45) is 1.59. The zero-order valence-electron chi connectivity index (χ0n) is 5.92. The van der Waals surface area contributed by atoms with E-state index < -0.39 is 5.97 Å². The minimum absolute atomic E-state index is 0.126. The number of aromatic amines is 1. The van der Waals surface area contributed by atoms with Gasteiger partial charge in [0.05, 0.1) is 0 Å². The molecule has 0 saturated heterocycles. The molecule has 1 rings (SSSR count). The molecule has 0 aromatic carbocycles. The molecular formula is C7H7NO2S. The largest absolute Gasteiger partial charge is 0.477 e. The third kappa shape index (κ3) is 1.65. The molecule has 0 spiro atoms. The standard InChI is InChI=1S/C7H7NO2S/c1-4-3-8-5(7(9)10)2-6(4)11/h2-3H,1H3,(H,8,11)(H,9,10). The Kier molecular flexibility index (Phi) is 2.05. The Morgan fingerprint density at radius 1 is 1.73 bits per heavy atom. The number of carboxylic acid groups (broad SMARTS) is 1. The molecule has 3 nitrogen and oxygen atoms in total. The van der Waals surface area contributed by atoms with E-state index >= 15 is 0 Å². The minimum atomic E-state index is -0.990. The topological polar surface area (TPSA) is 53.1 Å². The summed E-state index contributed by atoms with van der Waals surface area (Å²) in [6, 6.07) is 1.44. The molecule has 0 amide bonds. The van der Waals surface area contributed by atoms with Crippen LogP contribution in [-0.2, 0) is 0 Å². The Morgan fingerprint density at radius 3 is 2.82 bits per heavy atom. The van der Waals surface area contributed by atoms with Crippen LogP contribution in [0.1, 0.15) is 16.1 Å². The summed E-state index contributed by atoms with van der Waals surface area (Å²) in [5.41, 5.74) is 1.01. The van der Waals surface area contributed by atoms with E-state index in [1.807, 2.05) is 6.92 Å². The number of carboxylic acids is 1. The van der Waals surface area contributed by atoms with Crippen LogP contribution in [0.15, 0.2) is 12.3 Å². The van der Waals surface area contributed by atoms with Gasteiger partial charge in [0.25, 0.3) is 0 Å². The lowest BCUT2D eigenvalue weighted by Gasteiger charge is -1.95. The van der Waals surface area contributed by atoms with Crippen LogP contribution in [0.5, 0.6) is 0 Å². The second-order valence-corrected chi connectivity index (χ2v) is 2.64. The van der Waals surface area contributed by atoms with Crippen molar-refractivity contribution in [3.05, 3.63) is 28.0 Å². The molecule has 2 N–H and O–H groups in total. The number of hydrogen-bond acceptors (Lipinski definition) is 2. The summed E-state index contributed by atoms with van der Waals surface area (Å²) in [7, 11) is 0. The van der Waals surface area contributed by atoms with E-state index in [9.17, 15) is 4.79 Å². The van der Waals surface area contributed by atoms with Crippen LogP contribution in [0.25, 0.3) is 0 Å². The van der Waals surface area contributed by atoms with Crippen LogP contribution in [-0.4, -0.2) is 16.1 Å². The minimum Gasteiger partial charge on any atom is -0.477 e. The molecule has 0 aliphatic carbocycles. The molecule has 0 aliphatic rings. The highest BCUT2D eigenvalue weighted by Crippen LogP contribution is 2.01. The van der Waals surface area contributed by atoms with Crippen LogP contribution in [0.3, 0.4) is 0 Å². The highest BCUT2D eigenvalue weighted by Gasteiger charge is 2.01. The van der Waals surface area contributed by atoms with Crippen LogP contribution in [0.4, 0.5) is 0 Å². The van der Waals surface area contributed by atoms with E-state index in [0.717, 1.165) is 5.56 Å². The number of aryl methyl sites for hydroxylation is 1. The maximum Gasteiger partial charge on any atom is 0.352 e.